The Morgan fingerprint density at radius 1 is 1.29 bits per heavy atom. The minimum Gasteiger partial charge on any atom is -0.398 e. The predicted molar refractivity (Wildman–Crippen MR) is 92.5 cm³/mol. The fourth-order valence-electron chi connectivity index (χ4n) is 2.96. The molecule has 126 valence electrons. The third-order valence-electron chi connectivity index (χ3n) is 4.18. The molecular formula is C18H20FN3O2. The number of hydrogen-bond donors (Lipinski definition) is 2. The Balaban J connectivity index is 2.11. The number of fused-ring (bicyclic) bond motifs is 1. The van der Waals surface area contributed by atoms with Crippen LogP contribution in [0.5, 0.6) is 0 Å². The number of ether oxygens (including phenoxy) is 1. The van der Waals surface area contributed by atoms with E-state index in [1.165, 1.54) is 12.1 Å². The average Bonchev–Trinajstić information content (AvgIpc) is 2.57. The molecule has 0 bridgehead atoms. The highest BCUT2D eigenvalue weighted by Gasteiger charge is 2.29. The molecule has 6 heteroatoms. The number of anilines is 1. The van der Waals surface area contributed by atoms with E-state index < -0.39 is 6.23 Å². The Morgan fingerprint density at radius 2 is 2.00 bits per heavy atom. The van der Waals surface area contributed by atoms with Crippen molar-refractivity contribution in [3.8, 4) is 11.1 Å². The number of nitrogens with two attached hydrogens (primary N) is 1. The summed E-state index contributed by atoms with van der Waals surface area (Å²) in [6.45, 7) is 2.39. The van der Waals surface area contributed by atoms with E-state index in [9.17, 15) is 9.50 Å². The maximum absolute atomic E-state index is 13.2. The number of nitrogens with zero attached hydrogens (tertiary/aromatic N) is 2. The lowest BCUT2D eigenvalue weighted by atomic mass is 9.94. The van der Waals surface area contributed by atoms with Crippen LogP contribution >= 0.6 is 0 Å². The van der Waals surface area contributed by atoms with Crippen LogP contribution in [0.25, 0.3) is 11.1 Å². The zero-order valence-electron chi connectivity index (χ0n) is 13.6. The molecule has 5 nitrogen and oxygen atoms in total. The highest BCUT2D eigenvalue weighted by Crippen LogP contribution is 2.42. The fraction of sp³-hybridized carbons (Fsp3) is 0.278. The lowest BCUT2D eigenvalue weighted by Gasteiger charge is -2.36. The molecule has 0 saturated heterocycles. The van der Waals surface area contributed by atoms with Gasteiger partial charge < -0.3 is 20.5 Å². The first-order valence-corrected chi connectivity index (χ1v) is 7.70. The summed E-state index contributed by atoms with van der Waals surface area (Å²) >= 11 is 0. The summed E-state index contributed by atoms with van der Waals surface area (Å²) in [5, 5.41) is 10.9. The van der Waals surface area contributed by atoms with E-state index >= 15 is 0 Å². The van der Waals surface area contributed by atoms with Crippen LogP contribution in [0.3, 0.4) is 0 Å². The van der Waals surface area contributed by atoms with E-state index in [1.54, 1.807) is 42.6 Å². The van der Waals surface area contributed by atoms with Crippen molar-refractivity contribution in [3.05, 3.63) is 47.8 Å². The van der Waals surface area contributed by atoms with Gasteiger partial charge in [-0.2, -0.15) is 0 Å². The fourth-order valence-corrected chi connectivity index (χ4v) is 2.96. The molecule has 0 spiro atoms. The molecule has 0 amide bonds. The van der Waals surface area contributed by atoms with Crippen molar-refractivity contribution >= 4 is 17.7 Å². The van der Waals surface area contributed by atoms with E-state index in [-0.39, 0.29) is 11.9 Å². The van der Waals surface area contributed by atoms with Gasteiger partial charge in [0.15, 0.2) is 6.23 Å². The summed E-state index contributed by atoms with van der Waals surface area (Å²) in [6, 6.07) is 9.50. The molecule has 0 fully saturated rings. The topological polar surface area (TPSA) is 71.1 Å². The third-order valence-corrected chi connectivity index (χ3v) is 4.18. The number of methoxy groups -OCH3 is 1. The van der Waals surface area contributed by atoms with Gasteiger partial charge in [-0.15, -0.1) is 0 Å². The molecule has 0 aromatic heterocycles. The highest BCUT2D eigenvalue weighted by molar-refractivity contribution is 5.86. The summed E-state index contributed by atoms with van der Waals surface area (Å²) < 4.78 is 18.4. The molecule has 2 atom stereocenters. The summed E-state index contributed by atoms with van der Waals surface area (Å²) in [5.41, 5.74) is 9.34. The molecule has 1 aliphatic heterocycles. The monoisotopic (exact) mass is 329 g/mol. The first kappa shape index (κ1) is 16.4. The van der Waals surface area contributed by atoms with E-state index in [1.807, 2.05) is 6.92 Å². The normalized spacial score (nSPS) is 17.7. The van der Waals surface area contributed by atoms with Crippen molar-refractivity contribution in [2.45, 2.75) is 19.2 Å². The molecule has 2 aromatic carbocycles. The highest BCUT2D eigenvalue weighted by atomic mass is 19.1. The number of rotatable bonds is 4. The third kappa shape index (κ3) is 2.86. The van der Waals surface area contributed by atoms with Gasteiger partial charge in [0, 0.05) is 23.9 Å². The lowest BCUT2D eigenvalue weighted by molar-refractivity contribution is 0.00981. The molecule has 0 aliphatic carbocycles. The molecule has 2 unspecified atom stereocenters. The first-order chi connectivity index (χ1) is 11.5. The number of halogens is 1. The Kier molecular flexibility index (Phi) is 4.51. The zero-order chi connectivity index (χ0) is 17.3. The number of nitrogen functional groups attached to an aromatic ring is 1. The number of aliphatic hydroxyl groups is 1. The molecule has 1 aliphatic rings. The molecule has 2 aromatic rings. The van der Waals surface area contributed by atoms with Crippen molar-refractivity contribution in [3.63, 3.8) is 0 Å². The number of aliphatic hydroxyl groups excluding tert-OH is 1. The summed E-state index contributed by atoms with van der Waals surface area (Å²) in [5.74, 6) is -0.323. The van der Waals surface area contributed by atoms with Crippen LogP contribution in [-0.2, 0) is 4.74 Å². The zero-order valence-corrected chi connectivity index (χ0v) is 13.6. The SMILES string of the molecule is COCC(C)N1C=Nc2ccc(N)c(-c3ccc(F)cc3)c2C1O. The van der Waals surface area contributed by atoms with Crippen LogP contribution in [0.1, 0.15) is 18.7 Å². The van der Waals surface area contributed by atoms with Crippen LogP contribution in [0.2, 0.25) is 0 Å². The van der Waals surface area contributed by atoms with E-state index in [4.69, 9.17) is 10.5 Å². The van der Waals surface area contributed by atoms with Crippen LogP contribution in [-0.4, -0.2) is 36.1 Å². The van der Waals surface area contributed by atoms with Crippen molar-refractivity contribution in [2.24, 2.45) is 4.99 Å². The summed E-state index contributed by atoms with van der Waals surface area (Å²) in [7, 11) is 1.61. The molecule has 24 heavy (non-hydrogen) atoms. The number of benzene rings is 2. The lowest BCUT2D eigenvalue weighted by Crippen LogP contribution is -2.39. The van der Waals surface area contributed by atoms with Gasteiger partial charge in [-0.1, -0.05) is 12.1 Å². The number of hydrogen-bond acceptors (Lipinski definition) is 5. The Bertz CT molecular complexity index is 762. The van der Waals surface area contributed by atoms with Gasteiger partial charge in [-0.25, -0.2) is 9.38 Å². The van der Waals surface area contributed by atoms with E-state index in [2.05, 4.69) is 4.99 Å². The van der Waals surface area contributed by atoms with Gasteiger partial charge in [-0.05, 0) is 36.8 Å². The van der Waals surface area contributed by atoms with Gasteiger partial charge in [0.25, 0.3) is 0 Å². The van der Waals surface area contributed by atoms with Gasteiger partial charge in [0.05, 0.1) is 24.7 Å². The Morgan fingerprint density at radius 3 is 2.67 bits per heavy atom. The average molecular weight is 329 g/mol. The van der Waals surface area contributed by atoms with Crippen molar-refractivity contribution < 1.29 is 14.2 Å². The van der Waals surface area contributed by atoms with E-state index in [0.717, 1.165) is 5.56 Å². The Labute approximate surface area is 140 Å². The molecule has 0 saturated carbocycles. The molecule has 1 heterocycles. The summed E-state index contributed by atoms with van der Waals surface area (Å²) in [4.78, 5) is 6.15. The predicted octanol–water partition coefficient (Wildman–Crippen LogP) is 3.08. The number of aliphatic imine (C=N–C) groups is 1. The molecule has 3 rings (SSSR count). The molecular weight excluding hydrogens is 309 g/mol. The van der Waals surface area contributed by atoms with Gasteiger partial charge in [0.2, 0.25) is 0 Å². The minimum absolute atomic E-state index is 0.0654. The smallest absolute Gasteiger partial charge is 0.157 e. The van der Waals surface area contributed by atoms with Crippen molar-refractivity contribution in [1.82, 2.24) is 4.90 Å². The Hall–Kier alpha value is -2.44. The van der Waals surface area contributed by atoms with Gasteiger partial charge in [-0.3, -0.25) is 0 Å². The molecule has 3 N–H and O–H groups in total. The minimum atomic E-state index is -0.911. The largest absolute Gasteiger partial charge is 0.398 e. The van der Waals surface area contributed by atoms with Gasteiger partial charge in [0.1, 0.15) is 5.82 Å². The molecule has 0 radical (unpaired) electrons. The van der Waals surface area contributed by atoms with Crippen molar-refractivity contribution in [1.29, 1.82) is 0 Å². The first-order valence-electron chi connectivity index (χ1n) is 7.70. The standard InChI is InChI=1S/C18H20FN3O2/c1-11(9-24-2)22-10-21-15-8-7-14(20)16(17(15)18(22)23)12-3-5-13(19)6-4-12/h3-8,10-11,18,23H,9,20H2,1-2H3. The van der Waals surface area contributed by atoms with Crippen LogP contribution in [0.4, 0.5) is 15.8 Å². The van der Waals surface area contributed by atoms with Crippen LogP contribution < -0.4 is 5.73 Å². The second-order valence-corrected chi connectivity index (χ2v) is 5.84. The maximum Gasteiger partial charge on any atom is 0.157 e. The van der Waals surface area contributed by atoms with Crippen LogP contribution in [0.15, 0.2) is 41.4 Å². The van der Waals surface area contributed by atoms with E-state index in [0.29, 0.717) is 29.1 Å². The summed E-state index contributed by atoms with van der Waals surface area (Å²) in [6.07, 6.45) is 0.701. The van der Waals surface area contributed by atoms with Crippen LogP contribution in [0, 0.1) is 5.82 Å². The maximum atomic E-state index is 13.2. The quantitative estimate of drug-likeness (QED) is 0.846. The van der Waals surface area contributed by atoms with Gasteiger partial charge >= 0.3 is 0 Å². The second-order valence-electron chi connectivity index (χ2n) is 5.84. The van der Waals surface area contributed by atoms with Crippen molar-refractivity contribution in [2.75, 3.05) is 19.5 Å². The second kappa shape index (κ2) is 6.59.